The van der Waals surface area contributed by atoms with Crippen LogP contribution in [0.25, 0.3) is 11.1 Å². The molecule has 2 saturated heterocycles. The van der Waals surface area contributed by atoms with E-state index in [4.69, 9.17) is 9.47 Å². The molecule has 8 nitrogen and oxygen atoms in total. The zero-order valence-electron chi connectivity index (χ0n) is 18.7. The number of hydrogen-bond acceptors (Lipinski definition) is 6. The van der Waals surface area contributed by atoms with E-state index in [1.54, 1.807) is 6.92 Å². The Labute approximate surface area is 201 Å². The maximum absolute atomic E-state index is 13.5. The van der Waals surface area contributed by atoms with E-state index in [0.717, 1.165) is 22.3 Å². The summed E-state index contributed by atoms with van der Waals surface area (Å²) in [5, 5.41) is 12.0. The van der Waals surface area contributed by atoms with Crippen LogP contribution in [0.15, 0.2) is 48.5 Å². The van der Waals surface area contributed by atoms with Gasteiger partial charge in [0, 0.05) is 24.7 Å². The van der Waals surface area contributed by atoms with Gasteiger partial charge in [0.1, 0.15) is 18.2 Å². The molecule has 2 heterocycles. The molecule has 1 aliphatic carbocycles. The number of hydrogen-bond donors (Lipinski definition) is 2. The average Bonchev–Trinajstić information content (AvgIpc) is 3.54. The number of carboxylic acids is 1. The lowest BCUT2D eigenvalue weighted by molar-refractivity contribution is -0.152. The Morgan fingerprint density at radius 1 is 1.15 bits per heavy atom. The van der Waals surface area contributed by atoms with Crippen molar-refractivity contribution in [1.82, 2.24) is 10.2 Å². The topological polar surface area (TPSA) is 105 Å². The number of nitrogens with zero attached hydrogens (tertiary/aromatic N) is 1. The van der Waals surface area contributed by atoms with Crippen molar-refractivity contribution >= 4 is 29.7 Å². The second-order valence-electron chi connectivity index (χ2n) is 8.83. The Morgan fingerprint density at radius 3 is 2.38 bits per heavy atom. The average molecular weight is 483 g/mol. The zero-order chi connectivity index (χ0) is 23.9. The number of nitrogens with one attached hydrogen (secondary N) is 1. The van der Waals surface area contributed by atoms with Gasteiger partial charge < -0.3 is 24.8 Å². The van der Waals surface area contributed by atoms with E-state index < -0.39 is 29.6 Å². The van der Waals surface area contributed by atoms with Gasteiger partial charge in [0.25, 0.3) is 5.91 Å². The lowest BCUT2D eigenvalue weighted by Crippen LogP contribution is -2.63. The summed E-state index contributed by atoms with van der Waals surface area (Å²) in [5.41, 5.74) is 3.11. The van der Waals surface area contributed by atoms with Crippen molar-refractivity contribution in [2.75, 3.05) is 25.6 Å². The molecule has 2 N–H and O–H groups in total. The van der Waals surface area contributed by atoms with Crippen molar-refractivity contribution in [3.8, 4) is 11.1 Å². The number of fused-ring (bicyclic) bond motifs is 3. The number of thioether (sulfide) groups is 1. The Morgan fingerprint density at radius 2 is 1.79 bits per heavy atom. The van der Waals surface area contributed by atoms with Crippen LogP contribution in [0, 0.1) is 0 Å². The fourth-order valence-corrected chi connectivity index (χ4v) is 6.27. The number of carbonyl (C=O) groups excluding carboxylic acids is 2. The molecule has 3 aliphatic rings. The van der Waals surface area contributed by atoms with Gasteiger partial charge in [-0.3, -0.25) is 4.79 Å². The van der Waals surface area contributed by atoms with Gasteiger partial charge in [-0.05, 0) is 29.2 Å². The van der Waals surface area contributed by atoms with Crippen LogP contribution in [0.1, 0.15) is 30.4 Å². The first-order valence-corrected chi connectivity index (χ1v) is 12.3. The third-order valence-electron chi connectivity index (χ3n) is 6.86. The highest BCUT2D eigenvalue weighted by molar-refractivity contribution is 8.00. The van der Waals surface area contributed by atoms with Crippen LogP contribution < -0.4 is 5.32 Å². The summed E-state index contributed by atoms with van der Waals surface area (Å²) >= 11 is 1.40. The molecule has 0 saturated carbocycles. The molecule has 2 aliphatic heterocycles. The SMILES string of the molecule is CC1SCC(C(=O)O)N1C(=O)C1(NC(=O)OCC2c3ccccc3-c3ccccc32)CCOC1. The molecule has 3 unspecified atom stereocenters. The van der Waals surface area contributed by atoms with Crippen LogP contribution in [-0.2, 0) is 19.1 Å². The lowest BCUT2D eigenvalue weighted by Gasteiger charge is -2.35. The number of ether oxygens (including phenoxy) is 2. The van der Waals surface area contributed by atoms with Crippen molar-refractivity contribution < 1.29 is 29.0 Å². The Kier molecular flexibility index (Phi) is 5.99. The highest BCUT2D eigenvalue weighted by atomic mass is 32.2. The van der Waals surface area contributed by atoms with Crippen molar-refractivity contribution in [3.05, 3.63) is 59.7 Å². The van der Waals surface area contributed by atoms with Crippen molar-refractivity contribution in [2.24, 2.45) is 0 Å². The summed E-state index contributed by atoms with van der Waals surface area (Å²) in [6.07, 6.45) is -0.455. The second-order valence-corrected chi connectivity index (χ2v) is 10.2. The van der Waals surface area contributed by atoms with E-state index in [9.17, 15) is 19.5 Å². The van der Waals surface area contributed by atoms with Gasteiger partial charge >= 0.3 is 12.1 Å². The fraction of sp³-hybridized carbons (Fsp3) is 0.400. The Hall–Kier alpha value is -3.04. The minimum Gasteiger partial charge on any atom is -0.480 e. The molecule has 0 bridgehead atoms. The van der Waals surface area contributed by atoms with E-state index in [1.807, 2.05) is 36.4 Å². The molecule has 9 heteroatoms. The first-order chi connectivity index (χ1) is 16.4. The maximum Gasteiger partial charge on any atom is 0.408 e. The quantitative estimate of drug-likeness (QED) is 0.675. The van der Waals surface area contributed by atoms with Crippen LogP contribution in [0.3, 0.4) is 0 Å². The Balaban J connectivity index is 1.32. The van der Waals surface area contributed by atoms with E-state index in [1.165, 1.54) is 16.7 Å². The summed E-state index contributed by atoms with van der Waals surface area (Å²) in [4.78, 5) is 39.5. The largest absolute Gasteiger partial charge is 0.480 e. The lowest BCUT2D eigenvalue weighted by atomic mass is 9.96. The first-order valence-electron chi connectivity index (χ1n) is 11.3. The van der Waals surface area contributed by atoms with Gasteiger partial charge in [-0.15, -0.1) is 11.8 Å². The Bertz CT molecular complexity index is 1090. The molecule has 3 atom stereocenters. The predicted octanol–water partition coefficient (Wildman–Crippen LogP) is 3.06. The van der Waals surface area contributed by atoms with Crippen LogP contribution in [0.4, 0.5) is 4.79 Å². The number of aliphatic carboxylic acids is 1. The number of carboxylic acid groups (broad SMARTS) is 1. The molecular formula is C25H26N2O6S. The molecule has 178 valence electrons. The minimum absolute atomic E-state index is 0.0176. The van der Waals surface area contributed by atoms with Crippen molar-refractivity contribution in [1.29, 1.82) is 0 Å². The van der Waals surface area contributed by atoms with Gasteiger partial charge in [0.05, 0.1) is 12.0 Å². The molecule has 2 amide bonds. The molecule has 2 aromatic rings. The monoisotopic (exact) mass is 482 g/mol. The third kappa shape index (κ3) is 3.82. The zero-order valence-corrected chi connectivity index (χ0v) is 19.5. The van der Waals surface area contributed by atoms with Crippen LogP contribution in [0.5, 0.6) is 0 Å². The molecule has 0 aromatic heterocycles. The number of rotatable bonds is 5. The summed E-state index contributed by atoms with van der Waals surface area (Å²) in [7, 11) is 0. The predicted molar refractivity (Wildman–Crippen MR) is 127 cm³/mol. The van der Waals surface area contributed by atoms with Gasteiger partial charge in [0.2, 0.25) is 0 Å². The summed E-state index contributed by atoms with van der Waals surface area (Å²) < 4.78 is 11.1. The van der Waals surface area contributed by atoms with E-state index in [-0.39, 0.29) is 30.9 Å². The highest BCUT2D eigenvalue weighted by Crippen LogP contribution is 2.44. The molecule has 5 rings (SSSR count). The molecular weight excluding hydrogens is 456 g/mol. The molecule has 0 radical (unpaired) electrons. The van der Waals surface area contributed by atoms with E-state index in [0.29, 0.717) is 12.4 Å². The summed E-state index contributed by atoms with van der Waals surface area (Å²) in [5.74, 6) is -1.29. The molecule has 0 spiro atoms. The van der Waals surface area contributed by atoms with Gasteiger partial charge in [0.15, 0.2) is 0 Å². The van der Waals surface area contributed by atoms with Crippen molar-refractivity contribution in [2.45, 2.75) is 36.2 Å². The number of carbonyl (C=O) groups is 3. The first kappa shape index (κ1) is 22.7. The second kappa shape index (κ2) is 8.96. The van der Waals surface area contributed by atoms with Crippen LogP contribution in [-0.4, -0.2) is 70.5 Å². The molecule has 2 aromatic carbocycles. The highest BCUT2D eigenvalue weighted by Gasteiger charge is 2.52. The fourth-order valence-electron chi connectivity index (χ4n) is 5.10. The van der Waals surface area contributed by atoms with Crippen molar-refractivity contribution in [3.63, 3.8) is 0 Å². The van der Waals surface area contributed by atoms with Crippen LogP contribution >= 0.6 is 11.8 Å². The minimum atomic E-state index is -1.34. The smallest absolute Gasteiger partial charge is 0.408 e. The number of amides is 2. The standard InChI is InChI=1S/C25H26N2O6S/c1-15-27(21(13-34-15)22(28)29)23(30)25(10-11-32-14-25)26-24(31)33-12-20-18-8-4-2-6-16(18)17-7-3-5-9-19(17)20/h2-9,15,20-21H,10-14H2,1H3,(H,26,31)(H,28,29). The molecule has 34 heavy (non-hydrogen) atoms. The number of benzene rings is 2. The summed E-state index contributed by atoms with van der Waals surface area (Å²) in [6, 6.07) is 15.2. The molecule has 2 fully saturated rings. The van der Waals surface area contributed by atoms with Crippen LogP contribution in [0.2, 0.25) is 0 Å². The van der Waals surface area contributed by atoms with E-state index >= 15 is 0 Å². The van der Waals surface area contributed by atoms with E-state index in [2.05, 4.69) is 17.4 Å². The summed E-state index contributed by atoms with van der Waals surface area (Å²) in [6.45, 7) is 2.19. The normalized spacial score (nSPS) is 25.6. The number of alkyl carbamates (subject to hydrolysis) is 1. The third-order valence-corrected chi connectivity index (χ3v) is 8.08. The van der Waals surface area contributed by atoms with Gasteiger partial charge in [-0.25, -0.2) is 9.59 Å². The maximum atomic E-state index is 13.5. The van der Waals surface area contributed by atoms with Gasteiger partial charge in [-0.1, -0.05) is 48.5 Å². The van der Waals surface area contributed by atoms with Gasteiger partial charge in [-0.2, -0.15) is 0 Å².